The second kappa shape index (κ2) is 7.46. The normalized spacial score (nSPS) is 11.0. The minimum absolute atomic E-state index is 0.294. The molecule has 0 atom stereocenters. The van der Waals surface area contributed by atoms with Gasteiger partial charge in [0.1, 0.15) is 24.3 Å². The second-order valence-electron chi connectivity index (χ2n) is 6.00. The van der Waals surface area contributed by atoms with Crippen LogP contribution in [0.3, 0.4) is 0 Å². The van der Waals surface area contributed by atoms with E-state index in [9.17, 15) is 8.78 Å². The number of H-pyrrole nitrogens is 1. The number of aromatic nitrogens is 5. The van der Waals surface area contributed by atoms with E-state index in [1.165, 1.54) is 18.5 Å². The lowest BCUT2D eigenvalue weighted by Gasteiger charge is -2.08. The van der Waals surface area contributed by atoms with Gasteiger partial charge in [-0.25, -0.2) is 18.4 Å². The second-order valence-corrected chi connectivity index (χ2v) is 6.00. The molecule has 0 saturated carbocycles. The van der Waals surface area contributed by atoms with Crippen LogP contribution in [0.1, 0.15) is 11.1 Å². The maximum atomic E-state index is 14.0. The summed E-state index contributed by atoms with van der Waals surface area (Å²) < 4.78 is 28.8. The maximum Gasteiger partial charge on any atom is 0.138 e. The van der Waals surface area contributed by atoms with E-state index in [1.807, 2.05) is 24.3 Å². The van der Waals surface area contributed by atoms with E-state index in [1.54, 1.807) is 17.2 Å². The van der Waals surface area contributed by atoms with Gasteiger partial charge in [0, 0.05) is 30.3 Å². The van der Waals surface area contributed by atoms with Crippen molar-refractivity contribution in [1.82, 2.24) is 30.3 Å². The van der Waals surface area contributed by atoms with Gasteiger partial charge >= 0.3 is 0 Å². The minimum atomic E-state index is -0.621. The number of nitrogens with zero attached hydrogens (tertiary/aromatic N) is 4. The Labute approximate surface area is 153 Å². The number of rotatable bonds is 6. The van der Waals surface area contributed by atoms with E-state index in [0.29, 0.717) is 24.3 Å². The number of hydrogen-bond acceptors (Lipinski definition) is 4. The van der Waals surface area contributed by atoms with Gasteiger partial charge < -0.3 is 5.32 Å². The third kappa shape index (κ3) is 3.75. The molecule has 27 heavy (non-hydrogen) atoms. The van der Waals surface area contributed by atoms with Crippen molar-refractivity contribution in [2.45, 2.75) is 13.1 Å². The van der Waals surface area contributed by atoms with Crippen molar-refractivity contribution in [2.75, 3.05) is 0 Å². The lowest BCUT2D eigenvalue weighted by molar-refractivity contribution is 0.585. The highest BCUT2D eigenvalue weighted by molar-refractivity contribution is 5.63. The Morgan fingerprint density at radius 2 is 1.89 bits per heavy atom. The first-order valence-electron chi connectivity index (χ1n) is 8.33. The zero-order valence-electron chi connectivity index (χ0n) is 14.2. The number of benzene rings is 2. The van der Waals surface area contributed by atoms with Crippen LogP contribution in [-0.4, -0.2) is 25.0 Å². The van der Waals surface area contributed by atoms with Crippen LogP contribution in [0.25, 0.3) is 16.9 Å². The van der Waals surface area contributed by atoms with Crippen LogP contribution in [0.5, 0.6) is 0 Å². The monoisotopic (exact) mass is 366 g/mol. The SMILES string of the molecule is Fc1ccc(-c2[nH]ncc2CNCc2ccc(-n3cncn3)cc2)c(F)c1. The van der Waals surface area contributed by atoms with Crippen LogP contribution in [0.2, 0.25) is 0 Å². The quantitative estimate of drug-likeness (QED) is 0.550. The van der Waals surface area contributed by atoms with Crippen molar-refractivity contribution in [1.29, 1.82) is 0 Å². The molecule has 0 aliphatic heterocycles. The van der Waals surface area contributed by atoms with Crippen LogP contribution >= 0.6 is 0 Å². The highest BCUT2D eigenvalue weighted by Gasteiger charge is 2.12. The van der Waals surface area contributed by atoms with Gasteiger partial charge in [-0.2, -0.15) is 10.2 Å². The summed E-state index contributed by atoms with van der Waals surface area (Å²) in [6.07, 6.45) is 4.77. The van der Waals surface area contributed by atoms with E-state index in [4.69, 9.17) is 0 Å². The summed E-state index contributed by atoms with van der Waals surface area (Å²) in [5, 5.41) is 14.2. The number of halogens is 2. The van der Waals surface area contributed by atoms with Crippen LogP contribution in [0.15, 0.2) is 61.3 Å². The van der Waals surface area contributed by atoms with Gasteiger partial charge in [-0.05, 0) is 29.8 Å². The molecule has 0 spiro atoms. The summed E-state index contributed by atoms with van der Waals surface area (Å²) in [7, 11) is 0. The molecule has 0 aliphatic rings. The van der Waals surface area contributed by atoms with Gasteiger partial charge in [-0.1, -0.05) is 12.1 Å². The maximum absolute atomic E-state index is 14.0. The Morgan fingerprint density at radius 1 is 1.04 bits per heavy atom. The number of nitrogens with one attached hydrogen (secondary N) is 2. The average molecular weight is 366 g/mol. The van der Waals surface area contributed by atoms with Gasteiger partial charge in [0.05, 0.1) is 17.6 Å². The Bertz CT molecular complexity index is 1020. The zero-order valence-corrected chi connectivity index (χ0v) is 14.2. The molecule has 0 amide bonds. The van der Waals surface area contributed by atoms with Crippen molar-refractivity contribution in [2.24, 2.45) is 0 Å². The molecule has 2 aromatic carbocycles. The predicted octanol–water partition coefficient (Wildman–Crippen LogP) is 3.23. The van der Waals surface area contributed by atoms with Gasteiger partial charge in [-0.15, -0.1) is 0 Å². The van der Waals surface area contributed by atoms with Gasteiger partial charge in [0.25, 0.3) is 0 Å². The molecule has 4 aromatic rings. The molecule has 2 aromatic heterocycles. The van der Waals surface area contributed by atoms with Crippen LogP contribution in [0, 0.1) is 11.6 Å². The van der Waals surface area contributed by atoms with E-state index in [0.717, 1.165) is 22.9 Å². The van der Waals surface area contributed by atoms with Crippen molar-refractivity contribution in [3.8, 4) is 16.9 Å². The lowest BCUT2D eigenvalue weighted by atomic mass is 10.1. The van der Waals surface area contributed by atoms with Gasteiger partial charge in [0.2, 0.25) is 0 Å². The fourth-order valence-electron chi connectivity index (χ4n) is 2.82. The topological polar surface area (TPSA) is 71.4 Å². The Hall–Kier alpha value is -3.39. The highest BCUT2D eigenvalue weighted by atomic mass is 19.1. The molecule has 136 valence electrons. The first-order chi connectivity index (χ1) is 13.2. The molecule has 0 saturated heterocycles. The summed E-state index contributed by atoms with van der Waals surface area (Å²) in [5.74, 6) is -1.23. The third-order valence-electron chi connectivity index (χ3n) is 4.18. The number of hydrogen-bond donors (Lipinski definition) is 2. The van der Waals surface area contributed by atoms with Crippen LogP contribution in [-0.2, 0) is 13.1 Å². The van der Waals surface area contributed by atoms with Crippen molar-refractivity contribution >= 4 is 0 Å². The first kappa shape index (κ1) is 17.0. The van der Waals surface area contributed by atoms with Crippen LogP contribution in [0.4, 0.5) is 8.78 Å². The molecule has 0 unspecified atom stereocenters. The third-order valence-corrected chi connectivity index (χ3v) is 4.18. The fourth-order valence-corrected chi connectivity index (χ4v) is 2.82. The smallest absolute Gasteiger partial charge is 0.138 e. The van der Waals surface area contributed by atoms with Gasteiger partial charge in [-0.3, -0.25) is 5.10 Å². The molecule has 2 N–H and O–H groups in total. The Balaban J connectivity index is 1.41. The highest BCUT2D eigenvalue weighted by Crippen LogP contribution is 2.24. The summed E-state index contributed by atoms with van der Waals surface area (Å²) >= 11 is 0. The van der Waals surface area contributed by atoms with Crippen molar-refractivity contribution in [3.63, 3.8) is 0 Å². The van der Waals surface area contributed by atoms with Crippen molar-refractivity contribution in [3.05, 3.63) is 84.1 Å². The van der Waals surface area contributed by atoms with Gasteiger partial charge in [0.15, 0.2) is 0 Å². The first-order valence-corrected chi connectivity index (χ1v) is 8.33. The summed E-state index contributed by atoms with van der Waals surface area (Å²) in [6, 6.07) is 11.4. The summed E-state index contributed by atoms with van der Waals surface area (Å²) in [4.78, 5) is 3.93. The van der Waals surface area contributed by atoms with E-state index in [-0.39, 0.29) is 0 Å². The average Bonchev–Trinajstić information content (AvgIpc) is 3.35. The van der Waals surface area contributed by atoms with Crippen LogP contribution < -0.4 is 5.32 Å². The summed E-state index contributed by atoms with van der Waals surface area (Å²) in [6.45, 7) is 1.13. The molecule has 0 aliphatic carbocycles. The van der Waals surface area contributed by atoms with E-state index >= 15 is 0 Å². The van der Waals surface area contributed by atoms with E-state index < -0.39 is 11.6 Å². The molecule has 0 bridgehead atoms. The molecular formula is C19H16F2N6. The molecule has 6 nitrogen and oxygen atoms in total. The van der Waals surface area contributed by atoms with E-state index in [2.05, 4.69) is 25.6 Å². The largest absolute Gasteiger partial charge is 0.308 e. The summed E-state index contributed by atoms with van der Waals surface area (Å²) in [5.41, 5.74) is 3.67. The minimum Gasteiger partial charge on any atom is -0.308 e. The molecule has 2 heterocycles. The molecule has 4 rings (SSSR count). The Morgan fingerprint density at radius 3 is 2.63 bits per heavy atom. The van der Waals surface area contributed by atoms with Crippen molar-refractivity contribution < 1.29 is 8.78 Å². The fraction of sp³-hybridized carbons (Fsp3) is 0.105. The lowest BCUT2D eigenvalue weighted by Crippen LogP contribution is -2.13. The standard InChI is InChI=1S/C19H16F2N6/c20-15-3-6-17(18(21)7-15)19-14(10-24-26-19)9-22-8-13-1-4-16(5-2-13)27-12-23-11-25-27/h1-7,10-12,22H,8-9H2,(H,24,26). The predicted molar refractivity (Wildman–Crippen MR) is 95.8 cm³/mol. The molecule has 0 fully saturated rings. The molecule has 0 radical (unpaired) electrons. The number of aromatic amines is 1. The molecule has 8 heteroatoms. The Kier molecular flexibility index (Phi) is 4.71. The molecular weight excluding hydrogens is 350 g/mol. The zero-order chi connectivity index (χ0) is 18.6.